The maximum Gasteiger partial charge on any atom is 0.126 e. The van der Waals surface area contributed by atoms with Crippen LogP contribution in [-0.4, -0.2) is 46.4 Å². The maximum absolute atomic E-state index is 7.39. The van der Waals surface area contributed by atoms with E-state index in [1.807, 2.05) is 48.5 Å². The topological polar surface area (TPSA) is 125 Å². The van der Waals surface area contributed by atoms with Crippen molar-refractivity contribution >= 4 is 0 Å². The first kappa shape index (κ1) is 72.2. The Hall–Kier alpha value is -8.12. The van der Waals surface area contributed by atoms with Crippen molar-refractivity contribution in [2.75, 3.05) is 26.4 Å². The second-order valence-electron chi connectivity index (χ2n) is 26.0. The Morgan fingerprint density at radius 2 is 0.406 bits per heavy atom. The van der Waals surface area contributed by atoms with Crippen molar-refractivity contribution in [1.82, 2.24) is 19.9 Å². The molecule has 12 heteroatoms. The van der Waals surface area contributed by atoms with Crippen molar-refractivity contribution in [1.29, 1.82) is 0 Å². The molecule has 0 radical (unpaired) electrons. The van der Waals surface area contributed by atoms with Gasteiger partial charge in [0.1, 0.15) is 72.4 Å². The number of hydrogen-bond donors (Lipinski definition) is 0. The summed E-state index contributed by atoms with van der Waals surface area (Å²) in [5, 5.41) is 0. The highest BCUT2D eigenvalue weighted by atomic mass is 16.5. The fourth-order valence-electron chi connectivity index (χ4n) is 12.9. The molecule has 512 valence electrons. The van der Waals surface area contributed by atoms with Gasteiger partial charge >= 0.3 is 0 Å². The summed E-state index contributed by atoms with van der Waals surface area (Å²) in [5.41, 5.74) is 12.6. The molecular formula is C84H108N4O8. The molecule has 4 heterocycles. The van der Waals surface area contributed by atoms with Crippen LogP contribution >= 0.6 is 0 Å². The Labute approximate surface area is 574 Å². The van der Waals surface area contributed by atoms with Crippen LogP contribution in [0.5, 0.6) is 46.0 Å². The number of aromatic nitrogens is 4. The number of fused-ring (bicyclic) bond motifs is 8. The van der Waals surface area contributed by atoms with E-state index in [4.69, 9.17) is 37.9 Å². The highest BCUT2D eigenvalue weighted by Gasteiger charge is 2.26. The number of hydrogen-bond acceptors (Lipinski definition) is 12. The van der Waals surface area contributed by atoms with Crippen LogP contribution in [0.15, 0.2) is 147 Å². The summed E-state index contributed by atoms with van der Waals surface area (Å²) < 4.78 is 56.2. The molecule has 0 atom stereocenters. The van der Waals surface area contributed by atoms with E-state index < -0.39 is 0 Å². The molecular weight excluding hydrogens is 1190 g/mol. The van der Waals surface area contributed by atoms with Gasteiger partial charge in [0.25, 0.3) is 0 Å². The molecule has 0 aliphatic heterocycles. The summed E-state index contributed by atoms with van der Waals surface area (Å²) >= 11 is 0. The lowest BCUT2D eigenvalue weighted by atomic mass is 9.88. The molecule has 8 bridgehead atoms. The van der Waals surface area contributed by atoms with Crippen molar-refractivity contribution in [2.24, 2.45) is 0 Å². The number of benzene rings is 4. The zero-order valence-corrected chi connectivity index (χ0v) is 58.4. The minimum absolute atomic E-state index is 0.337. The summed E-state index contributed by atoms with van der Waals surface area (Å²) in [4.78, 5) is 17.2. The Kier molecular flexibility index (Phi) is 31.4. The minimum Gasteiger partial charge on any atom is -0.493 e. The molecule has 0 amide bonds. The van der Waals surface area contributed by atoms with Gasteiger partial charge in [-0.3, -0.25) is 19.9 Å². The van der Waals surface area contributed by atoms with Crippen LogP contribution in [-0.2, 0) is 52.1 Å². The van der Waals surface area contributed by atoms with Gasteiger partial charge in [-0.1, -0.05) is 156 Å². The summed E-state index contributed by atoms with van der Waals surface area (Å²) in [5.74, 6) is 6.58. The van der Waals surface area contributed by atoms with Gasteiger partial charge in [0.05, 0.1) is 26.4 Å². The highest BCUT2D eigenvalue weighted by Crippen LogP contribution is 2.42. The smallest absolute Gasteiger partial charge is 0.126 e. The Morgan fingerprint density at radius 1 is 0.229 bits per heavy atom. The monoisotopic (exact) mass is 1300 g/mol. The van der Waals surface area contributed by atoms with Crippen molar-refractivity contribution in [3.05, 3.63) is 213 Å². The third-order valence-electron chi connectivity index (χ3n) is 17.9. The summed E-state index contributed by atoms with van der Waals surface area (Å²) in [6, 6.07) is 33.9. The average molecular weight is 1300 g/mol. The molecule has 8 aromatic rings. The second kappa shape index (κ2) is 41.8. The zero-order valence-electron chi connectivity index (χ0n) is 58.4. The van der Waals surface area contributed by atoms with Crippen LogP contribution in [0, 0.1) is 0 Å². The van der Waals surface area contributed by atoms with Gasteiger partial charge < -0.3 is 37.9 Å². The first-order chi connectivity index (χ1) is 47.5. The predicted molar refractivity (Wildman–Crippen MR) is 387 cm³/mol. The van der Waals surface area contributed by atoms with E-state index in [2.05, 4.69) is 96.2 Å². The van der Waals surface area contributed by atoms with Gasteiger partial charge in [0.15, 0.2) is 0 Å². The Balaban J connectivity index is 1.29. The third-order valence-corrected chi connectivity index (χ3v) is 17.9. The fourth-order valence-corrected chi connectivity index (χ4v) is 12.9. The largest absolute Gasteiger partial charge is 0.493 e. The van der Waals surface area contributed by atoms with Gasteiger partial charge in [0.2, 0.25) is 0 Å². The van der Waals surface area contributed by atoms with Crippen LogP contribution in [0.25, 0.3) is 0 Å². The number of ether oxygens (including phenoxy) is 8. The normalized spacial score (nSPS) is 11.9. The molecule has 4 aromatic heterocycles. The molecule has 0 saturated heterocycles. The number of unbranched alkanes of at least 4 members (excludes halogenated alkanes) is 20. The molecule has 0 spiro atoms. The molecule has 4 aromatic carbocycles. The third kappa shape index (κ3) is 24.2. The summed E-state index contributed by atoms with van der Waals surface area (Å²) in [7, 11) is 0. The van der Waals surface area contributed by atoms with Gasteiger partial charge in [-0.25, -0.2) is 0 Å². The van der Waals surface area contributed by atoms with Crippen LogP contribution < -0.4 is 37.9 Å². The molecule has 0 saturated carbocycles. The first-order valence-corrected chi connectivity index (χ1v) is 36.7. The molecule has 0 fully saturated rings. The van der Waals surface area contributed by atoms with Gasteiger partial charge in [-0.2, -0.15) is 0 Å². The van der Waals surface area contributed by atoms with Crippen molar-refractivity contribution in [3.63, 3.8) is 0 Å². The lowest BCUT2D eigenvalue weighted by molar-refractivity contribution is 0.289. The van der Waals surface area contributed by atoms with Crippen molar-refractivity contribution < 1.29 is 37.9 Å². The van der Waals surface area contributed by atoms with E-state index in [1.54, 1.807) is 49.6 Å². The second-order valence-corrected chi connectivity index (χ2v) is 26.0. The Morgan fingerprint density at radius 3 is 0.594 bits per heavy atom. The van der Waals surface area contributed by atoms with Crippen LogP contribution in [0.4, 0.5) is 0 Å². The van der Waals surface area contributed by atoms with Crippen LogP contribution in [0.1, 0.15) is 249 Å². The first-order valence-electron chi connectivity index (χ1n) is 36.7. The van der Waals surface area contributed by atoms with E-state index in [-0.39, 0.29) is 0 Å². The minimum atomic E-state index is 0.337. The van der Waals surface area contributed by atoms with Crippen molar-refractivity contribution in [2.45, 2.75) is 234 Å². The predicted octanol–water partition coefficient (Wildman–Crippen LogP) is 21.2. The van der Waals surface area contributed by atoms with E-state index in [0.717, 1.165) is 164 Å². The quantitative estimate of drug-likeness (QED) is 0.0338. The lowest BCUT2D eigenvalue weighted by Crippen LogP contribution is -2.13. The van der Waals surface area contributed by atoms with E-state index in [1.165, 1.54) is 103 Å². The average Bonchev–Trinajstić information content (AvgIpc) is 0.782. The van der Waals surface area contributed by atoms with E-state index >= 15 is 0 Å². The number of nitrogens with zero attached hydrogens (tertiary/aromatic N) is 4. The van der Waals surface area contributed by atoms with Crippen molar-refractivity contribution in [3.8, 4) is 46.0 Å². The molecule has 0 unspecified atom stereocenters. The van der Waals surface area contributed by atoms with Gasteiger partial charge in [-0.05, 0) is 190 Å². The number of pyridine rings is 4. The fraction of sp³-hybridized carbons (Fsp3) is 0.476. The van der Waals surface area contributed by atoms with Crippen LogP contribution in [0.2, 0.25) is 0 Å². The van der Waals surface area contributed by atoms with E-state index in [9.17, 15) is 0 Å². The molecule has 9 rings (SSSR count). The lowest BCUT2D eigenvalue weighted by Gasteiger charge is -2.25. The standard InChI is InChI=1S/C84H108N4O8/c1-5-9-13-17-21-25-45-89-81-69-49-65(61-93-77-29-37-85-38-30-77)50-70(81)58-72-52-67(63-95-79-33-41-87-42-34-79)54-74(83(72)91-47-27-23-19-15-11-7-3)60-76-56-68(64-96-80-35-43-88-44-36-80)55-75(84(76)92-48-28-24-20-16-12-8-4)59-73-53-66(62-94-78-31-39-86-40-32-78)51-71(57-69)82(73)90-46-26-22-18-14-10-6-2/h29-44,49-56H,5-28,45-48,57-64H2,1-4H3. The van der Waals surface area contributed by atoms with Gasteiger partial charge in [0, 0.05) is 75.3 Å². The zero-order chi connectivity index (χ0) is 66.5. The molecule has 12 nitrogen and oxygen atoms in total. The maximum atomic E-state index is 7.39. The van der Waals surface area contributed by atoms with Gasteiger partial charge in [-0.15, -0.1) is 0 Å². The number of rotatable bonds is 44. The molecule has 0 N–H and O–H groups in total. The van der Waals surface area contributed by atoms with Crippen LogP contribution in [0.3, 0.4) is 0 Å². The molecule has 1 aliphatic carbocycles. The Bertz CT molecular complexity index is 2930. The summed E-state index contributed by atoms with van der Waals surface area (Å²) in [6.07, 6.45) is 44.0. The SMILES string of the molecule is CCCCCCCCOc1c2cc(COc3ccncc3)cc1Cc1cc(COc3ccncc3)cc(c1OCCCCCCCC)Cc1cc(COc3ccncc3)cc(c1OCCCCCCCC)Cc1cc(COc3ccncc3)cc(c1OCCCCCCCC)C2. The molecule has 1 aliphatic rings. The molecule has 96 heavy (non-hydrogen) atoms. The summed E-state index contributed by atoms with van der Waals surface area (Å²) in [6.45, 7) is 12.8. The van der Waals surface area contributed by atoms with E-state index in [0.29, 0.717) is 78.5 Å². The highest BCUT2D eigenvalue weighted by molar-refractivity contribution is 5.59.